The van der Waals surface area contributed by atoms with Crippen molar-refractivity contribution in [3.8, 4) is 0 Å². The Morgan fingerprint density at radius 3 is 2.55 bits per heavy atom. The maximum absolute atomic E-state index is 12.9. The lowest BCUT2D eigenvalue weighted by Gasteiger charge is -2.38. The third kappa shape index (κ3) is 5.29. The smallest absolute Gasteiger partial charge is 0.320 e. The molecule has 1 fully saturated rings. The second-order valence-corrected chi connectivity index (χ2v) is 8.92. The third-order valence-corrected chi connectivity index (χ3v) is 6.40. The molecule has 0 aliphatic heterocycles. The van der Waals surface area contributed by atoms with Crippen LogP contribution in [-0.2, 0) is 10.2 Å². The van der Waals surface area contributed by atoms with Crippen molar-refractivity contribution in [1.29, 1.82) is 0 Å². The Labute approximate surface area is 200 Å². The molecule has 0 atom stereocenters. The van der Waals surface area contributed by atoms with Crippen LogP contribution in [0.4, 0.5) is 17.4 Å². The normalized spacial score (nSPS) is 15.1. The minimum atomic E-state index is -0.856. The van der Waals surface area contributed by atoms with E-state index in [0.717, 1.165) is 37.7 Å². The molecule has 1 aliphatic carbocycles. The quantitative estimate of drug-likeness (QED) is 0.370. The summed E-state index contributed by atoms with van der Waals surface area (Å²) in [6, 6.07) is 12.1. The Bertz CT molecular complexity index is 1170. The molecule has 0 spiro atoms. The van der Waals surface area contributed by atoms with Crippen LogP contribution in [0.2, 0.25) is 10.0 Å². The molecule has 10 heteroatoms. The van der Waals surface area contributed by atoms with Gasteiger partial charge in [0, 0.05) is 16.1 Å². The first-order chi connectivity index (χ1) is 15.9. The van der Waals surface area contributed by atoms with Crippen LogP contribution in [0, 0.1) is 0 Å². The maximum Gasteiger partial charge on any atom is 0.320 e. The molecule has 3 aromatic rings. The number of halogens is 2. The molecule has 2 aromatic carbocycles. The molecule has 1 saturated carbocycles. The monoisotopic (exact) mass is 488 g/mol. The Balaban J connectivity index is 1.55. The lowest BCUT2D eigenvalue weighted by atomic mass is 9.67. The summed E-state index contributed by atoms with van der Waals surface area (Å²) in [7, 11) is 0. The number of nitrogens with one attached hydrogen (secondary N) is 2. The number of hydrogen-bond donors (Lipinski definition) is 3. The molecular weight excluding hydrogens is 467 g/mol. The summed E-state index contributed by atoms with van der Waals surface area (Å²) in [5, 5.41) is 23.7. The molecule has 0 bridgehead atoms. The molecule has 1 amide bonds. The summed E-state index contributed by atoms with van der Waals surface area (Å²) >= 11 is 12.1. The number of carboxylic acid groups (broad SMARTS) is 1. The van der Waals surface area contributed by atoms with Crippen molar-refractivity contribution in [1.82, 2.24) is 10.2 Å². The molecular formula is C23H22Cl2N4O4. The maximum atomic E-state index is 12.9. The summed E-state index contributed by atoms with van der Waals surface area (Å²) < 4.78 is 5.45. The number of amides is 1. The first-order valence-corrected chi connectivity index (χ1v) is 11.3. The van der Waals surface area contributed by atoms with Crippen molar-refractivity contribution in [2.45, 2.75) is 43.9 Å². The zero-order chi connectivity index (χ0) is 23.4. The van der Waals surface area contributed by atoms with Crippen LogP contribution in [0.1, 0.15) is 54.8 Å². The number of anilines is 3. The van der Waals surface area contributed by atoms with Crippen LogP contribution in [0.5, 0.6) is 0 Å². The van der Waals surface area contributed by atoms with Gasteiger partial charge in [-0.2, -0.15) is 0 Å². The fourth-order valence-electron chi connectivity index (χ4n) is 4.36. The van der Waals surface area contributed by atoms with Crippen molar-refractivity contribution in [2.24, 2.45) is 0 Å². The largest absolute Gasteiger partial charge is 0.481 e. The van der Waals surface area contributed by atoms with E-state index in [4.69, 9.17) is 27.6 Å². The molecule has 8 nitrogen and oxygen atoms in total. The molecule has 3 N–H and O–H groups in total. The van der Waals surface area contributed by atoms with Crippen LogP contribution in [0.15, 0.2) is 46.9 Å². The van der Waals surface area contributed by atoms with E-state index in [-0.39, 0.29) is 18.3 Å². The predicted molar refractivity (Wildman–Crippen MR) is 125 cm³/mol. The van der Waals surface area contributed by atoms with Crippen LogP contribution < -0.4 is 10.6 Å². The fourth-order valence-corrected chi connectivity index (χ4v) is 4.70. The van der Waals surface area contributed by atoms with Crippen LogP contribution in [0.3, 0.4) is 0 Å². The Kier molecular flexibility index (Phi) is 6.85. The number of carbonyl (C=O) groups excluding carboxylic acids is 1. The van der Waals surface area contributed by atoms with E-state index < -0.39 is 17.3 Å². The van der Waals surface area contributed by atoms with Crippen molar-refractivity contribution in [2.75, 3.05) is 10.6 Å². The average Bonchev–Trinajstić information content (AvgIpc) is 3.25. The number of aliphatic carboxylic acids is 1. The van der Waals surface area contributed by atoms with Crippen molar-refractivity contribution >= 4 is 52.5 Å². The van der Waals surface area contributed by atoms with Gasteiger partial charge in [0.2, 0.25) is 0 Å². The Morgan fingerprint density at radius 1 is 1.03 bits per heavy atom. The summed E-state index contributed by atoms with van der Waals surface area (Å²) in [5.41, 5.74) is 1.28. The summed E-state index contributed by atoms with van der Waals surface area (Å²) in [6.07, 6.45) is 4.47. The highest BCUT2D eigenvalue weighted by Gasteiger charge is 2.38. The molecule has 0 unspecified atom stereocenters. The summed E-state index contributed by atoms with van der Waals surface area (Å²) in [6.45, 7) is 0. The van der Waals surface area contributed by atoms with Gasteiger partial charge in [0.25, 0.3) is 0 Å². The average molecular weight is 489 g/mol. The number of nitrogens with zero attached hydrogens (tertiary/aromatic N) is 2. The van der Waals surface area contributed by atoms with Crippen molar-refractivity contribution in [3.63, 3.8) is 0 Å². The minimum absolute atomic E-state index is 0.00883. The molecule has 1 aliphatic rings. The lowest BCUT2D eigenvalue weighted by Crippen LogP contribution is -2.33. The fraction of sp³-hybridized carbons (Fsp3) is 0.304. The van der Waals surface area contributed by atoms with Gasteiger partial charge in [-0.1, -0.05) is 65.8 Å². The minimum Gasteiger partial charge on any atom is -0.481 e. The van der Waals surface area contributed by atoms with Gasteiger partial charge in [0.05, 0.1) is 17.1 Å². The topological polar surface area (TPSA) is 117 Å². The van der Waals surface area contributed by atoms with Gasteiger partial charge >= 0.3 is 23.8 Å². The number of benzene rings is 2. The first kappa shape index (κ1) is 23.1. The first-order valence-electron chi connectivity index (χ1n) is 10.5. The number of aromatic nitrogens is 2. The van der Waals surface area contributed by atoms with Gasteiger partial charge in [0.15, 0.2) is 0 Å². The van der Waals surface area contributed by atoms with Crippen molar-refractivity contribution in [3.05, 3.63) is 64.0 Å². The van der Waals surface area contributed by atoms with E-state index in [2.05, 4.69) is 20.8 Å². The summed E-state index contributed by atoms with van der Waals surface area (Å²) in [5.74, 6) is -1.70. The van der Waals surface area contributed by atoms with E-state index in [0.29, 0.717) is 21.4 Å². The van der Waals surface area contributed by atoms with Crippen LogP contribution >= 0.6 is 23.2 Å². The van der Waals surface area contributed by atoms with Gasteiger partial charge in [-0.15, -0.1) is 5.10 Å². The van der Waals surface area contributed by atoms with E-state index >= 15 is 0 Å². The molecule has 1 aromatic heterocycles. The van der Waals surface area contributed by atoms with Crippen LogP contribution in [-0.4, -0.2) is 27.2 Å². The highest BCUT2D eigenvalue weighted by Crippen LogP contribution is 2.45. The standard InChI is InChI=1S/C23H22Cl2N4O4/c24-14-8-9-16(25)18(12-14)27-22-29-28-21(33-22)20(32)26-17-7-3-2-6-15(17)23(13-19(30)31)10-4-1-5-11-23/h2-3,6-9,12H,1,4-5,10-11,13H2,(H,26,32)(H,27,29)(H,30,31). The predicted octanol–water partition coefficient (Wildman–Crippen LogP) is 6.05. The van der Waals surface area contributed by atoms with E-state index in [1.54, 1.807) is 30.3 Å². The molecule has 33 heavy (non-hydrogen) atoms. The highest BCUT2D eigenvalue weighted by molar-refractivity contribution is 6.35. The third-order valence-electron chi connectivity index (χ3n) is 5.84. The Morgan fingerprint density at radius 2 is 1.79 bits per heavy atom. The SMILES string of the molecule is O=C(O)CC1(c2ccccc2NC(=O)c2nnc(Nc3cc(Cl)ccc3Cl)o2)CCCCC1. The second kappa shape index (κ2) is 9.80. The van der Waals surface area contributed by atoms with E-state index in [1.807, 2.05) is 12.1 Å². The zero-order valence-electron chi connectivity index (χ0n) is 17.6. The number of carboxylic acids is 1. The van der Waals surface area contributed by atoms with Gasteiger partial charge in [-0.25, -0.2) is 0 Å². The Hall–Kier alpha value is -3.10. The molecule has 0 saturated heterocycles. The number of hydrogen-bond acceptors (Lipinski definition) is 6. The highest BCUT2D eigenvalue weighted by atomic mass is 35.5. The van der Waals surface area contributed by atoms with Gasteiger partial charge < -0.3 is 20.2 Å². The molecule has 0 radical (unpaired) electrons. The number of rotatable bonds is 7. The lowest BCUT2D eigenvalue weighted by molar-refractivity contribution is -0.138. The zero-order valence-corrected chi connectivity index (χ0v) is 19.1. The molecule has 172 valence electrons. The molecule has 1 heterocycles. The van der Waals surface area contributed by atoms with Gasteiger partial charge in [-0.3, -0.25) is 9.59 Å². The van der Waals surface area contributed by atoms with Gasteiger partial charge in [0.1, 0.15) is 0 Å². The summed E-state index contributed by atoms with van der Waals surface area (Å²) in [4.78, 5) is 24.5. The van der Waals surface area contributed by atoms with Crippen LogP contribution in [0.25, 0.3) is 0 Å². The van der Waals surface area contributed by atoms with E-state index in [9.17, 15) is 14.7 Å². The van der Waals surface area contributed by atoms with Gasteiger partial charge in [-0.05, 0) is 42.7 Å². The second-order valence-electron chi connectivity index (χ2n) is 8.07. The molecule has 4 rings (SSSR count). The van der Waals surface area contributed by atoms with Crippen molar-refractivity contribution < 1.29 is 19.1 Å². The number of carbonyl (C=O) groups is 2. The van der Waals surface area contributed by atoms with E-state index in [1.165, 1.54) is 0 Å². The number of para-hydroxylation sites is 1.